The molecule has 1 amide bonds. The Labute approximate surface area is 171 Å². The fourth-order valence-corrected chi connectivity index (χ4v) is 3.47. The number of ether oxygens (including phenoxy) is 1. The summed E-state index contributed by atoms with van der Waals surface area (Å²) in [6, 6.07) is 11.3. The number of likely N-dealkylation sites (tertiary alicyclic amines) is 1. The molecule has 1 aromatic carbocycles. The van der Waals surface area contributed by atoms with Crippen molar-refractivity contribution in [3.05, 3.63) is 63.6 Å². The van der Waals surface area contributed by atoms with E-state index < -0.39 is 0 Å². The van der Waals surface area contributed by atoms with E-state index in [9.17, 15) is 9.59 Å². The number of aryl methyl sites for hydroxylation is 1. The van der Waals surface area contributed by atoms with Gasteiger partial charge in [-0.25, -0.2) is 0 Å². The van der Waals surface area contributed by atoms with Crippen LogP contribution in [0.3, 0.4) is 0 Å². The summed E-state index contributed by atoms with van der Waals surface area (Å²) in [5, 5.41) is 0. The second kappa shape index (κ2) is 8.16. The molecule has 0 radical (unpaired) electrons. The van der Waals surface area contributed by atoms with Gasteiger partial charge in [0.15, 0.2) is 6.61 Å². The maximum absolute atomic E-state index is 12.7. The SMILES string of the molecule is Cc1cc(OCC(=O)N2CCC2)cc(=O)n1[C@H](C)c1ccc(C#CC2CC2)cc1. The molecule has 0 bridgehead atoms. The van der Waals surface area contributed by atoms with E-state index in [0.717, 1.165) is 36.3 Å². The van der Waals surface area contributed by atoms with Gasteiger partial charge in [-0.1, -0.05) is 24.0 Å². The van der Waals surface area contributed by atoms with Gasteiger partial charge in [0.25, 0.3) is 11.5 Å². The molecule has 2 aromatic rings. The minimum atomic E-state index is -0.137. The van der Waals surface area contributed by atoms with Gasteiger partial charge >= 0.3 is 0 Å². The van der Waals surface area contributed by atoms with Crippen molar-refractivity contribution in [2.75, 3.05) is 19.7 Å². The summed E-state index contributed by atoms with van der Waals surface area (Å²) in [7, 11) is 0. The number of pyridine rings is 1. The van der Waals surface area contributed by atoms with Crippen LogP contribution in [0.4, 0.5) is 0 Å². The van der Waals surface area contributed by atoms with Crippen molar-refractivity contribution in [1.82, 2.24) is 9.47 Å². The molecular formula is C24H26N2O3. The molecule has 2 aliphatic rings. The average Bonchev–Trinajstić information content (AvgIpc) is 3.47. The fraction of sp³-hybridized carbons (Fsp3) is 0.417. The standard InChI is InChI=1S/C24H26N2O3/c1-17-14-22(29-16-24(28)25-12-3-13-25)15-23(27)26(17)18(2)21-10-8-20(9-11-21)7-6-19-4-5-19/h8-11,14-15,18-19H,3-5,12-13,16H2,1-2H3/t18-/m1/s1. The van der Waals surface area contributed by atoms with Crippen molar-refractivity contribution < 1.29 is 9.53 Å². The van der Waals surface area contributed by atoms with Crippen LogP contribution >= 0.6 is 0 Å². The Morgan fingerprint density at radius 1 is 1.21 bits per heavy atom. The summed E-state index contributed by atoms with van der Waals surface area (Å²) in [6.45, 7) is 5.46. The zero-order valence-electron chi connectivity index (χ0n) is 17.0. The van der Waals surface area contributed by atoms with Crippen molar-refractivity contribution in [3.63, 3.8) is 0 Å². The van der Waals surface area contributed by atoms with Gasteiger partial charge in [-0.3, -0.25) is 9.59 Å². The predicted octanol–water partition coefficient (Wildman–Crippen LogP) is 3.14. The Kier molecular flexibility index (Phi) is 5.44. The summed E-state index contributed by atoms with van der Waals surface area (Å²) in [5.74, 6) is 7.47. The van der Waals surface area contributed by atoms with E-state index >= 15 is 0 Å². The largest absolute Gasteiger partial charge is 0.484 e. The molecule has 5 nitrogen and oxygen atoms in total. The number of amides is 1. The Morgan fingerprint density at radius 2 is 1.93 bits per heavy atom. The van der Waals surface area contributed by atoms with Crippen LogP contribution in [0.5, 0.6) is 5.75 Å². The average molecular weight is 390 g/mol. The van der Waals surface area contributed by atoms with Gasteiger partial charge in [-0.2, -0.15) is 0 Å². The van der Waals surface area contributed by atoms with Gasteiger partial charge in [0.2, 0.25) is 0 Å². The van der Waals surface area contributed by atoms with Gasteiger partial charge in [0, 0.05) is 36.3 Å². The lowest BCUT2D eigenvalue weighted by molar-refractivity contribution is -0.136. The second-order valence-corrected chi connectivity index (χ2v) is 7.91. The lowest BCUT2D eigenvalue weighted by Gasteiger charge is -2.30. The van der Waals surface area contributed by atoms with Crippen LogP contribution in [-0.2, 0) is 4.79 Å². The molecule has 5 heteroatoms. The molecule has 2 fully saturated rings. The van der Waals surface area contributed by atoms with E-state index in [1.807, 2.05) is 44.2 Å². The molecule has 0 spiro atoms. The number of rotatable bonds is 5. The molecule has 29 heavy (non-hydrogen) atoms. The molecule has 150 valence electrons. The van der Waals surface area contributed by atoms with Crippen molar-refractivity contribution >= 4 is 5.91 Å². The van der Waals surface area contributed by atoms with Crippen molar-refractivity contribution in [1.29, 1.82) is 0 Å². The minimum Gasteiger partial charge on any atom is -0.484 e. The maximum Gasteiger partial charge on any atom is 0.260 e. The Morgan fingerprint density at radius 3 is 2.52 bits per heavy atom. The van der Waals surface area contributed by atoms with Crippen molar-refractivity contribution in [2.45, 2.75) is 39.2 Å². The van der Waals surface area contributed by atoms with E-state index in [2.05, 4.69) is 11.8 Å². The van der Waals surface area contributed by atoms with E-state index in [-0.39, 0.29) is 24.1 Å². The maximum atomic E-state index is 12.7. The normalized spacial score (nSPS) is 16.4. The quantitative estimate of drug-likeness (QED) is 0.737. The zero-order chi connectivity index (χ0) is 20.4. The molecule has 2 heterocycles. The molecular weight excluding hydrogens is 364 g/mol. The monoisotopic (exact) mass is 390 g/mol. The lowest BCUT2D eigenvalue weighted by atomic mass is 10.1. The van der Waals surface area contributed by atoms with E-state index in [1.54, 1.807) is 9.47 Å². The van der Waals surface area contributed by atoms with E-state index in [4.69, 9.17) is 4.74 Å². The van der Waals surface area contributed by atoms with Gasteiger partial charge < -0.3 is 14.2 Å². The third kappa shape index (κ3) is 4.54. The van der Waals surface area contributed by atoms with Gasteiger partial charge in [0.05, 0.1) is 6.04 Å². The molecule has 1 aromatic heterocycles. The second-order valence-electron chi connectivity index (χ2n) is 7.91. The number of hydrogen-bond donors (Lipinski definition) is 0. The van der Waals surface area contributed by atoms with Crippen LogP contribution in [0.1, 0.15) is 49.0 Å². The van der Waals surface area contributed by atoms with Crippen molar-refractivity contribution in [2.24, 2.45) is 5.92 Å². The Bertz CT molecular complexity index is 1020. The topological polar surface area (TPSA) is 51.5 Å². The summed E-state index contributed by atoms with van der Waals surface area (Å²) in [4.78, 5) is 26.4. The molecule has 0 N–H and O–H groups in total. The molecule has 1 aliphatic carbocycles. The number of benzene rings is 1. The van der Waals surface area contributed by atoms with E-state index in [1.165, 1.54) is 18.9 Å². The highest BCUT2D eigenvalue weighted by molar-refractivity contribution is 5.78. The smallest absolute Gasteiger partial charge is 0.260 e. The van der Waals surface area contributed by atoms with Gasteiger partial charge in [0.1, 0.15) is 5.75 Å². The lowest BCUT2D eigenvalue weighted by Crippen LogP contribution is -2.44. The summed E-state index contributed by atoms with van der Waals surface area (Å²) in [5.41, 5.74) is 2.72. The summed E-state index contributed by atoms with van der Waals surface area (Å²) in [6.07, 6.45) is 3.49. The molecule has 1 saturated carbocycles. The van der Waals surface area contributed by atoms with Crippen molar-refractivity contribution in [3.8, 4) is 17.6 Å². The van der Waals surface area contributed by atoms with Crippen LogP contribution in [0, 0.1) is 24.7 Å². The number of nitrogens with zero attached hydrogens (tertiary/aromatic N) is 2. The molecule has 1 saturated heterocycles. The molecule has 0 unspecified atom stereocenters. The number of carbonyl (C=O) groups excluding carboxylic acids is 1. The van der Waals surface area contributed by atoms with Crippen LogP contribution in [-0.4, -0.2) is 35.1 Å². The van der Waals surface area contributed by atoms with Crippen LogP contribution in [0.15, 0.2) is 41.2 Å². The molecule has 4 rings (SSSR count). The molecule has 1 atom stereocenters. The zero-order valence-corrected chi connectivity index (χ0v) is 17.0. The highest BCUT2D eigenvalue weighted by Crippen LogP contribution is 2.27. The fourth-order valence-electron chi connectivity index (χ4n) is 3.47. The number of hydrogen-bond acceptors (Lipinski definition) is 3. The van der Waals surface area contributed by atoms with Gasteiger partial charge in [-0.15, -0.1) is 0 Å². The highest BCUT2D eigenvalue weighted by atomic mass is 16.5. The van der Waals surface area contributed by atoms with Crippen LogP contribution < -0.4 is 10.3 Å². The van der Waals surface area contributed by atoms with Gasteiger partial charge in [-0.05, 0) is 56.9 Å². The number of carbonyl (C=O) groups is 1. The summed E-state index contributed by atoms with van der Waals surface area (Å²) < 4.78 is 7.32. The van der Waals surface area contributed by atoms with E-state index in [0.29, 0.717) is 11.7 Å². The van der Waals surface area contributed by atoms with Crippen LogP contribution in [0.25, 0.3) is 0 Å². The highest BCUT2D eigenvalue weighted by Gasteiger charge is 2.21. The molecule has 1 aliphatic heterocycles. The summed E-state index contributed by atoms with van der Waals surface area (Å²) >= 11 is 0. The first-order valence-corrected chi connectivity index (χ1v) is 10.3. The predicted molar refractivity (Wildman–Crippen MR) is 112 cm³/mol. The number of aromatic nitrogens is 1. The third-order valence-corrected chi connectivity index (χ3v) is 5.58. The first-order valence-electron chi connectivity index (χ1n) is 10.3. The minimum absolute atomic E-state index is 0.0260. The first kappa shape index (κ1) is 19.3. The van der Waals surface area contributed by atoms with Crippen LogP contribution in [0.2, 0.25) is 0 Å². The Balaban J connectivity index is 1.46. The first-order chi connectivity index (χ1) is 14.0. The Hall–Kier alpha value is -3.00. The third-order valence-electron chi connectivity index (χ3n) is 5.58.